The molecule has 0 fully saturated rings. The van der Waals surface area contributed by atoms with Gasteiger partial charge in [0.2, 0.25) is 0 Å². The average Bonchev–Trinajstić information content (AvgIpc) is 2.43. The van der Waals surface area contributed by atoms with Crippen LogP contribution in [0.2, 0.25) is 0 Å². The summed E-state index contributed by atoms with van der Waals surface area (Å²) in [6, 6.07) is 8.43. The highest BCUT2D eigenvalue weighted by atomic mass is 19.1. The van der Waals surface area contributed by atoms with Crippen molar-refractivity contribution in [2.45, 2.75) is 6.42 Å². The van der Waals surface area contributed by atoms with E-state index in [1.54, 1.807) is 12.1 Å². The van der Waals surface area contributed by atoms with Crippen LogP contribution in [0.15, 0.2) is 41.4 Å². The number of hydrogen-bond donors (Lipinski definition) is 2. The Bertz CT molecular complexity index is 736. The monoisotopic (exact) mass is 271 g/mol. The fraction of sp³-hybridized carbons (Fsp3) is 0.0667. The second-order valence-electron chi connectivity index (χ2n) is 4.49. The number of phenolic OH excluding ortho intramolecular Hbond substituents is 2. The zero-order chi connectivity index (χ0) is 14.3. The molecule has 1 aliphatic rings. The van der Waals surface area contributed by atoms with Crippen molar-refractivity contribution < 1.29 is 19.4 Å². The molecule has 0 unspecified atom stereocenters. The normalized spacial score (nSPS) is 13.8. The van der Waals surface area contributed by atoms with Gasteiger partial charge in [0.15, 0.2) is 17.3 Å². The van der Waals surface area contributed by atoms with E-state index in [0.717, 1.165) is 0 Å². The summed E-state index contributed by atoms with van der Waals surface area (Å²) >= 11 is 0. The van der Waals surface area contributed by atoms with Crippen LogP contribution >= 0.6 is 0 Å². The lowest BCUT2D eigenvalue weighted by molar-refractivity contribution is 0.0996. The molecule has 0 radical (unpaired) electrons. The molecular weight excluding hydrogens is 261 g/mol. The Balaban J connectivity index is 2.12. The molecule has 0 saturated heterocycles. The van der Waals surface area contributed by atoms with E-state index >= 15 is 0 Å². The number of rotatable bonds is 1. The van der Waals surface area contributed by atoms with Gasteiger partial charge in [0.05, 0.1) is 23.4 Å². The van der Waals surface area contributed by atoms with E-state index in [0.29, 0.717) is 17.0 Å². The standard InChI is InChI=1S/C15H10FNO3/c16-9-3-1-8(2-4-9)11-7-13(19)14-10(17-11)5-6-12(18)15(14)20/h1-6,18,20H,7H2. The minimum absolute atomic E-state index is 0.00432. The smallest absolute Gasteiger partial charge is 0.174 e. The van der Waals surface area contributed by atoms with Gasteiger partial charge >= 0.3 is 0 Å². The molecule has 2 aromatic rings. The Morgan fingerprint density at radius 3 is 2.45 bits per heavy atom. The lowest BCUT2D eigenvalue weighted by Crippen LogP contribution is -2.14. The van der Waals surface area contributed by atoms with Crippen LogP contribution in [0.1, 0.15) is 22.3 Å². The number of aliphatic imine (C=N–C) groups is 1. The van der Waals surface area contributed by atoms with Crippen molar-refractivity contribution in [2.75, 3.05) is 0 Å². The number of halogens is 1. The maximum atomic E-state index is 12.9. The molecule has 2 N–H and O–H groups in total. The fourth-order valence-electron chi connectivity index (χ4n) is 2.17. The third-order valence-corrected chi connectivity index (χ3v) is 3.17. The second kappa shape index (κ2) is 4.45. The SMILES string of the molecule is O=C1CC(c2ccc(F)cc2)=Nc2ccc(O)c(O)c21. The summed E-state index contributed by atoms with van der Waals surface area (Å²) in [6.07, 6.45) is -0.00432. The van der Waals surface area contributed by atoms with Crippen molar-refractivity contribution in [2.24, 2.45) is 4.99 Å². The first-order valence-corrected chi connectivity index (χ1v) is 5.98. The van der Waals surface area contributed by atoms with Gasteiger partial charge in [0.25, 0.3) is 0 Å². The number of Topliss-reactive ketones (excluding diaryl/α,β-unsaturated/α-hetero) is 1. The summed E-state index contributed by atoms with van der Waals surface area (Å²) in [5, 5.41) is 19.1. The van der Waals surface area contributed by atoms with Crippen LogP contribution in [0.5, 0.6) is 11.5 Å². The van der Waals surface area contributed by atoms with E-state index in [1.807, 2.05) is 0 Å². The van der Waals surface area contributed by atoms with Crippen molar-refractivity contribution in [3.8, 4) is 11.5 Å². The minimum atomic E-state index is -0.450. The summed E-state index contributed by atoms with van der Waals surface area (Å²) in [7, 11) is 0. The lowest BCUT2D eigenvalue weighted by atomic mass is 9.95. The number of hydrogen-bond acceptors (Lipinski definition) is 4. The summed E-state index contributed by atoms with van der Waals surface area (Å²) in [5.41, 5.74) is 1.48. The van der Waals surface area contributed by atoms with Gasteiger partial charge in [-0.2, -0.15) is 0 Å². The molecule has 0 aromatic heterocycles. The zero-order valence-electron chi connectivity index (χ0n) is 10.3. The number of benzene rings is 2. The van der Waals surface area contributed by atoms with Crippen LogP contribution < -0.4 is 0 Å². The van der Waals surface area contributed by atoms with Crippen LogP contribution in [-0.4, -0.2) is 21.7 Å². The maximum absolute atomic E-state index is 12.9. The van der Waals surface area contributed by atoms with Crippen LogP contribution in [0.4, 0.5) is 10.1 Å². The number of aromatic hydroxyl groups is 2. The summed E-state index contributed by atoms with van der Waals surface area (Å²) in [5.74, 6) is -1.49. The second-order valence-corrected chi connectivity index (χ2v) is 4.49. The van der Waals surface area contributed by atoms with Gasteiger partial charge in [0.1, 0.15) is 5.82 Å². The first-order valence-electron chi connectivity index (χ1n) is 5.98. The van der Waals surface area contributed by atoms with E-state index in [-0.39, 0.29) is 29.3 Å². The van der Waals surface area contributed by atoms with Crippen molar-refractivity contribution in [1.29, 1.82) is 0 Å². The summed E-state index contributed by atoms with van der Waals surface area (Å²) in [6.45, 7) is 0. The predicted octanol–water partition coefficient (Wildman–Crippen LogP) is 2.94. The predicted molar refractivity (Wildman–Crippen MR) is 71.3 cm³/mol. The van der Waals surface area contributed by atoms with Crippen molar-refractivity contribution in [1.82, 2.24) is 0 Å². The largest absolute Gasteiger partial charge is 0.504 e. The molecule has 2 aromatic carbocycles. The Morgan fingerprint density at radius 1 is 1.05 bits per heavy atom. The molecule has 0 spiro atoms. The van der Waals surface area contributed by atoms with Crippen LogP contribution in [0.3, 0.4) is 0 Å². The first-order chi connectivity index (χ1) is 9.56. The fourth-order valence-corrected chi connectivity index (χ4v) is 2.17. The third-order valence-electron chi connectivity index (χ3n) is 3.17. The average molecular weight is 271 g/mol. The summed E-state index contributed by atoms with van der Waals surface area (Å²) in [4.78, 5) is 16.4. The molecule has 1 heterocycles. The molecule has 4 nitrogen and oxygen atoms in total. The van der Waals surface area contributed by atoms with Gasteiger partial charge < -0.3 is 10.2 Å². The van der Waals surface area contributed by atoms with Gasteiger partial charge in [-0.25, -0.2) is 4.39 Å². The molecule has 100 valence electrons. The van der Waals surface area contributed by atoms with E-state index < -0.39 is 5.75 Å². The molecule has 1 aliphatic heterocycles. The van der Waals surface area contributed by atoms with Gasteiger partial charge in [-0.1, -0.05) is 12.1 Å². The quantitative estimate of drug-likeness (QED) is 0.783. The van der Waals surface area contributed by atoms with Gasteiger partial charge in [-0.15, -0.1) is 0 Å². The molecular formula is C15H10FNO3. The first kappa shape index (κ1) is 12.3. The molecule has 3 rings (SSSR count). The molecule has 0 atom stereocenters. The zero-order valence-corrected chi connectivity index (χ0v) is 10.3. The van der Waals surface area contributed by atoms with E-state index in [1.165, 1.54) is 24.3 Å². The van der Waals surface area contributed by atoms with Gasteiger partial charge in [0, 0.05) is 0 Å². The number of nitrogens with zero attached hydrogens (tertiary/aromatic N) is 1. The Labute approximate surface area is 113 Å². The van der Waals surface area contributed by atoms with Crippen molar-refractivity contribution in [3.05, 3.63) is 53.3 Å². The number of fused-ring (bicyclic) bond motifs is 1. The number of carbonyl (C=O) groups is 1. The number of carbonyl (C=O) groups excluding carboxylic acids is 1. The summed E-state index contributed by atoms with van der Waals surface area (Å²) < 4.78 is 12.9. The Kier molecular flexibility index (Phi) is 2.75. The van der Waals surface area contributed by atoms with Crippen LogP contribution in [-0.2, 0) is 0 Å². The maximum Gasteiger partial charge on any atom is 0.174 e. The lowest BCUT2D eigenvalue weighted by Gasteiger charge is -2.16. The number of ketones is 1. The Hall–Kier alpha value is -2.69. The van der Waals surface area contributed by atoms with E-state index in [2.05, 4.69) is 4.99 Å². The molecule has 20 heavy (non-hydrogen) atoms. The topological polar surface area (TPSA) is 69.9 Å². The van der Waals surface area contributed by atoms with Gasteiger partial charge in [-0.3, -0.25) is 9.79 Å². The highest BCUT2D eigenvalue weighted by molar-refractivity contribution is 6.22. The highest BCUT2D eigenvalue weighted by Gasteiger charge is 2.25. The van der Waals surface area contributed by atoms with Gasteiger partial charge in [-0.05, 0) is 29.8 Å². The molecule has 0 saturated carbocycles. The van der Waals surface area contributed by atoms with Crippen LogP contribution in [0, 0.1) is 5.82 Å². The van der Waals surface area contributed by atoms with Crippen molar-refractivity contribution >= 4 is 17.2 Å². The van der Waals surface area contributed by atoms with Crippen LogP contribution in [0.25, 0.3) is 0 Å². The number of phenols is 2. The minimum Gasteiger partial charge on any atom is -0.504 e. The van der Waals surface area contributed by atoms with E-state index in [9.17, 15) is 19.4 Å². The van der Waals surface area contributed by atoms with Crippen molar-refractivity contribution in [3.63, 3.8) is 0 Å². The molecule has 0 bridgehead atoms. The molecule has 0 aliphatic carbocycles. The molecule has 5 heteroatoms. The molecule has 0 amide bonds. The highest BCUT2D eigenvalue weighted by Crippen LogP contribution is 2.39. The van der Waals surface area contributed by atoms with E-state index in [4.69, 9.17) is 0 Å². The Morgan fingerprint density at radius 2 is 1.75 bits per heavy atom. The third kappa shape index (κ3) is 1.93.